The number of aliphatic imine (C=N–C) groups is 1. The Morgan fingerprint density at radius 3 is 1.81 bits per heavy atom. The van der Waals surface area contributed by atoms with E-state index in [0.29, 0.717) is 56.5 Å². The molecule has 17 nitrogen and oxygen atoms in total. The standard InChI is InChI=1S/C24H24N6O2.C23H25N7O2/c1-25-24(32)21-7-6-18(14-26-21)29-12-9-17(10-13-29)30-11-8-16(15-30)22-27-20-5-3-2-4-19(20)23(31)28-22;1-25-23(32)20-7-6-17(14-27-20)30-10-8-16(9-11-30)26-13-15(12-24)21-28-19-5-3-2-4-18(19)22(31)29-21/h2-8,11,14-15,17H,9-10,12-13H2,1H3,(H,25,32)(H,27,28,31);2-7,12-14,16H,8-11,24H2,1H3,(H,25,32)(H,28,29,31)/b;15-12+,26-13?. The normalized spacial score (nSPS) is 15.0. The van der Waals surface area contributed by atoms with Crippen LogP contribution >= 0.6 is 0 Å². The molecule has 0 atom stereocenters. The number of fused-ring (bicyclic) bond motifs is 2. The van der Waals surface area contributed by atoms with Crippen molar-refractivity contribution in [2.45, 2.75) is 37.8 Å². The number of pyridine rings is 2. The van der Waals surface area contributed by atoms with Gasteiger partial charge in [-0.25, -0.2) is 19.9 Å². The summed E-state index contributed by atoms with van der Waals surface area (Å²) in [5.41, 5.74) is 11.1. The van der Waals surface area contributed by atoms with Crippen LogP contribution in [0.1, 0.15) is 58.5 Å². The minimum atomic E-state index is -0.206. The van der Waals surface area contributed by atoms with Crippen molar-refractivity contribution in [2.75, 3.05) is 50.1 Å². The van der Waals surface area contributed by atoms with Crippen LogP contribution in [-0.4, -0.2) is 98.8 Å². The van der Waals surface area contributed by atoms with E-state index in [-0.39, 0.29) is 29.0 Å². The van der Waals surface area contributed by atoms with Crippen molar-refractivity contribution in [2.24, 2.45) is 10.7 Å². The van der Waals surface area contributed by atoms with Crippen molar-refractivity contribution in [3.63, 3.8) is 0 Å². The lowest BCUT2D eigenvalue weighted by molar-refractivity contribution is 0.0950. The van der Waals surface area contributed by atoms with Crippen LogP contribution in [0.4, 0.5) is 11.4 Å². The number of nitrogens with zero attached hydrogens (tertiary/aromatic N) is 8. The number of benzene rings is 2. The Balaban J connectivity index is 0.000000175. The Kier molecular flexibility index (Phi) is 13.0. The molecule has 2 aromatic carbocycles. The molecule has 17 heteroatoms. The van der Waals surface area contributed by atoms with E-state index in [9.17, 15) is 19.2 Å². The average Bonchev–Trinajstić information content (AvgIpc) is 3.85. The SMILES string of the molecule is CNC(=O)c1ccc(N2CCC(N=C/C(=C\N)c3nc4ccccc4c(=O)[nH]3)CC2)cn1.CNC(=O)c1ccc(N2CCC(n3ccc(-c4nc5ccccc5c(=O)[nH]4)c3)CC2)cn1. The summed E-state index contributed by atoms with van der Waals surface area (Å²) in [5, 5.41) is 6.29. The van der Waals surface area contributed by atoms with Gasteiger partial charge >= 0.3 is 0 Å². The molecule has 0 spiro atoms. The molecule has 2 aliphatic heterocycles. The molecule has 326 valence electrons. The van der Waals surface area contributed by atoms with Gasteiger partial charge in [0.15, 0.2) is 0 Å². The first kappa shape index (κ1) is 42.7. The topological polar surface area (TPSA) is 225 Å². The predicted molar refractivity (Wildman–Crippen MR) is 250 cm³/mol. The Morgan fingerprint density at radius 2 is 1.27 bits per heavy atom. The molecule has 9 rings (SSSR count). The number of aromatic nitrogens is 7. The maximum atomic E-state index is 12.4. The lowest BCUT2D eigenvalue weighted by atomic mass is 10.0. The van der Waals surface area contributed by atoms with Crippen molar-refractivity contribution in [1.82, 2.24) is 45.1 Å². The molecule has 6 N–H and O–H groups in total. The van der Waals surface area contributed by atoms with Crippen molar-refractivity contribution in [1.29, 1.82) is 0 Å². The number of anilines is 2. The van der Waals surface area contributed by atoms with Gasteiger partial charge in [0.1, 0.15) is 23.0 Å². The van der Waals surface area contributed by atoms with Crippen molar-refractivity contribution < 1.29 is 9.59 Å². The van der Waals surface area contributed by atoms with Crippen LogP contribution in [-0.2, 0) is 0 Å². The zero-order chi connectivity index (χ0) is 44.6. The molecule has 0 saturated carbocycles. The van der Waals surface area contributed by atoms with Crippen molar-refractivity contribution >= 4 is 56.8 Å². The second-order valence-corrected chi connectivity index (χ2v) is 15.5. The fourth-order valence-corrected chi connectivity index (χ4v) is 7.96. The molecule has 2 aliphatic rings. The molecule has 0 radical (unpaired) electrons. The van der Waals surface area contributed by atoms with E-state index in [2.05, 4.69) is 72.3 Å². The van der Waals surface area contributed by atoms with Gasteiger partial charge in [-0.3, -0.25) is 24.2 Å². The first-order valence-electron chi connectivity index (χ1n) is 21.2. The molecule has 0 unspecified atom stereocenters. The van der Waals surface area contributed by atoms with E-state index < -0.39 is 0 Å². The molecule has 0 bridgehead atoms. The lowest BCUT2D eigenvalue weighted by Crippen LogP contribution is -2.35. The van der Waals surface area contributed by atoms with Gasteiger partial charge in [0.25, 0.3) is 22.9 Å². The average molecular weight is 860 g/mol. The van der Waals surface area contributed by atoms with Gasteiger partial charge in [-0.05, 0) is 80.3 Å². The highest BCUT2D eigenvalue weighted by Gasteiger charge is 2.23. The van der Waals surface area contributed by atoms with Gasteiger partial charge in [0.05, 0.1) is 57.2 Å². The number of nitrogens with one attached hydrogen (secondary N) is 4. The number of nitrogens with two attached hydrogens (primary N) is 1. The van der Waals surface area contributed by atoms with Crippen LogP contribution in [0.3, 0.4) is 0 Å². The van der Waals surface area contributed by atoms with E-state index in [1.807, 2.05) is 42.5 Å². The molecule has 0 aliphatic carbocycles. The van der Waals surface area contributed by atoms with Crippen LogP contribution in [0.5, 0.6) is 0 Å². The number of piperidine rings is 2. The number of hydrogen-bond donors (Lipinski definition) is 5. The summed E-state index contributed by atoms with van der Waals surface area (Å²) < 4.78 is 2.22. The van der Waals surface area contributed by atoms with Crippen LogP contribution in [0.2, 0.25) is 0 Å². The van der Waals surface area contributed by atoms with Crippen LogP contribution in [0.15, 0.2) is 124 Å². The predicted octanol–water partition coefficient (Wildman–Crippen LogP) is 4.70. The van der Waals surface area contributed by atoms with Gasteiger partial charge in [0, 0.05) is 76.7 Å². The van der Waals surface area contributed by atoms with E-state index in [0.717, 1.165) is 68.8 Å². The van der Waals surface area contributed by atoms with E-state index in [1.165, 1.54) is 6.20 Å². The molecule has 7 heterocycles. The molecule has 5 aromatic heterocycles. The number of amides is 2. The quantitative estimate of drug-likeness (QED) is 0.125. The first-order valence-corrected chi connectivity index (χ1v) is 21.2. The third-order valence-electron chi connectivity index (χ3n) is 11.6. The number of hydrogen-bond acceptors (Lipinski definition) is 12. The highest BCUT2D eigenvalue weighted by atomic mass is 16.2. The molecule has 2 saturated heterocycles. The van der Waals surface area contributed by atoms with Crippen LogP contribution in [0.25, 0.3) is 38.8 Å². The van der Waals surface area contributed by atoms with Gasteiger partial charge in [-0.15, -0.1) is 0 Å². The Labute approximate surface area is 368 Å². The minimum Gasteiger partial charge on any atom is -0.404 e. The fraction of sp³-hybridized carbons (Fsp3) is 0.255. The summed E-state index contributed by atoms with van der Waals surface area (Å²) in [5.74, 6) is 0.614. The van der Waals surface area contributed by atoms with Crippen molar-refractivity contribution in [3.8, 4) is 11.4 Å². The molecule has 64 heavy (non-hydrogen) atoms. The first-order chi connectivity index (χ1) is 31.2. The number of carbonyl (C=O) groups excluding carboxylic acids is 2. The second kappa shape index (κ2) is 19.4. The maximum Gasteiger partial charge on any atom is 0.269 e. The number of aromatic amines is 2. The monoisotopic (exact) mass is 859 g/mol. The smallest absolute Gasteiger partial charge is 0.269 e. The van der Waals surface area contributed by atoms with Crippen LogP contribution in [0, 0.1) is 0 Å². The summed E-state index contributed by atoms with van der Waals surface area (Å²) in [6.07, 6.45) is 14.4. The zero-order valence-corrected chi connectivity index (χ0v) is 35.6. The number of H-pyrrole nitrogens is 2. The number of para-hydroxylation sites is 2. The third-order valence-corrected chi connectivity index (χ3v) is 11.6. The van der Waals surface area contributed by atoms with Crippen LogP contribution < -0.4 is 37.3 Å². The van der Waals surface area contributed by atoms with Gasteiger partial charge in [-0.2, -0.15) is 0 Å². The van der Waals surface area contributed by atoms with Gasteiger partial charge in [-0.1, -0.05) is 24.3 Å². The molecular weight excluding hydrogens is 811 g/mol. The fourth-order valence-electron chi connectivity index (χ4n) is 7.96. The Morgan fingerprint density at radius 1 is 0.719 bits per heavy atom. The van der Waals surface area contributed by atoms with Gasteiger partial charge < -0.3 is 40.7 Å². The zero-order valence-electron chi connectivity index (χ0n) is 35.6. The van der Waals surface area contributed by atoms with E-state index in [4.69, 9.17) is 5.73 Å². The molecular formula is C47H49N13O4. The van der Waals surface area contributed by atoms with Crippen molar-refractivity contribution in [3.05, 3.63) is 148 Å². The number of rotatable bonds is 9. The number of carbonyl (C=O) groups is 2. The van der Waals surface area contributed by atoms with E-state index in [1.54, 1.807) is 69.1 Å². The minimum absolute atomic E-state index is 0.122. The van der Waals surface area contributed by atoms with Gasteiger partial charge in [0.2, 0.25) is 0 Å². The highest BCUT2D eigenvalue weighted by Crippen LogP contribution is 2.29. The highest BCUT2D eigenvalue weighted by molar-refractivity contribution is 6.08. The summed E-state index contributed by atoms with van der Waals surface area (Å²) in [6, 6.07) is 24.4. The van der Waals surface area contributed by atoms with E-state index >= 15 is 0 Å². The maximum absolute atomic E-state index is 12.4. The summed E-state index contributed by atoms with van der Waals surface area (Å²) in [6.45, 7) is 3.47. The molecule has 2 fully saturated rings. The third kappa shape index (κ3) is 9.57. The largest absolute Gasteiger partial charge is 0.404 e. The Bertz CT molecular complexity index is 2940. The summed E-state index contributed by atoms with van der Waals surface area (Å²) >= 11 is 0. The summed E-state index contributed by atoms with van der Waals surface area (Å²) in [4.78, 5) is 80.6. The molecule has 7 aromatic rings. The lowest BCUT2D eigenvalue weighted by Gasteiger charge is -2.34. The summed E-state index contributed by atoms with van der Waals surface area (Å²) in [7, 11) is 3.19. The number of allylic oxidation sites excluding steroid dienone is 1. The Hall–Kier alpha value is -7.95. The second-order valence-electron chi connectivity index (χ2n) is 15.5. The molecule has 2 amide bonds.